The van der Waals surface area contributed by atoms with Crippen LogP contribution in [-0.2, 0) is 6.42 Å². The largest absolute Gasteiger partial charge is 0.505 e. The number of Topliss-reactive ketones (excluding diaryl/α,β-unsaturated/α-hetero) is 1. The molecule has 0 atom stereocenters. The highest BCUT2D eigenvalue weighted by Gasteiger charge is 2.20. The Hall–Kier alpha value is -1.63. The second kappa shape index (κ2) is 7.72. The number of thioether (sulfide) groups is 1. The number of rotatable bonds is 5. The molecular formula is C19H16BrNO2S2. The van der Waals surface area contributed by atoms with E-state index in [-0.39, 0.29) is 17.3 Å². The average molecular weight is 434 g/mol. The monoisotopic (exact) mass is 433 g/mol. The van der Waals surface area contributed by atoms with Crippen molar-refractivity contribution in [2.24, 2.45) is 0 Å². The molecule has 6 heteroatoms. The molecule has 0 radical (unpaired) electrons. The van der Waals surface area contributed by atoms with Crippen LogP contribution in [0.15, 0.2) is 53.1 Å². The number of nitrogens with zero attached hydrogens (tertiary/aromatic N) is 1. The SMILES string of the molecule is CCc1c(O)c(C(=S)SCC(=O)c2ccc(Br)cc2)n2ccccc12. The minimum atomic E-state index is 0.0101. The topological polar surface area (TPSA) is 41.7 Å². The van der Waals surface area contributed by atoms with Gasteiger partial charge in [0.25, 0.3) is 0 Å². The first-order chi connectivity index (χ1) is 12.0. The van der Waals surface area contributed by atoms with Gasteiger partial charge in [-0.3, -0.25) is 4.79 Å². The Morgan fingerprint density at radius 1 is 1.24 bits per heavy atom. The van der Waals surface area contributed by atoms with Gasteiger partial charge in [0.1, 0.15) is 11.4 Å². The van der Waals surface area contributed by atoms with Crippen molar-refractivity contribution in [3.63, 3.8) is 0 Å². The van der Waals surface area contributed by atoms with Crippen molar-refractivity contribution < 1.29 is 9.90 Å². The van der Waals surface area contributed by atoms with Crippen molar-refractivity contribution in [1.29, 1.82) is 0 Å². The molecule has 128 valence electrons. The van der Waals surface area contributed by atoms with E-state index in [4.69, 9.17) is 12.2 Å². The molecule has 0 aliphatic carbocycles. The first kappa shape index (κ1) is 18.2. The van der Waals surface area contributed by atoms with Crippen LogP contribution >= 0.6 is 39.9 Å². The quantitative estimate of drug-likeness (QED) is 0.439. The number of hydrogen-bond donors (Lipinski definition) is 1. The predicted molar refractivity (Wildman–Crippen MR) is 111 cm³/mol. The summed E-state index contributed by atoms with van der Waals surface area (Å²) >= 11 is 10.1. The third-order valence-electron chi connectivity index (χ3n) is 3.97. The van der Waals surface area contributed by atoms with Gasteiger partial charge in [0, 0.05) is 21.8 Å². The standard InChI is InChI=1S/C19H16BrNO2S2/c1-2-14-15-5-3-4-10-21(15)17(18(14)23)19(24)25-11-16(22)12-6-8-13(20)9-7-12/h3-10,23H,2,11H2,1H3. The lowest BCUT2D eigenvalue weighted by molar-refractivity contribution is 0.102. The number of hydrogen-bond acceptors (Lipinski definition) is 4. The van der Waals surface area contributed by atoms with Crippen molar-refractivity contribution >= 4 is 55.4 Å². The van der Waals surface area contributed by atoms with E-state index < -0.39 is 0 Å². The van der Waals surface area contributed by atoms with Gasteiger partial charge in [0.2, 0.25) is 0 Å². The average Bonchev–Trinajstić information content (AvgIpc) is 2.91. The van der Waals surface area contributed by atoms with Gasteiger partial charge in [0.15, 0.2) is 5.78 Å². The van der Waals surface area contributed by atoms with Gasteiger partial charge in [-0.05, 0) is 30.7 Å². The highest BCUT2D eigenvalue weighted by atomic mass is 79.9. The van der Waals surface area contributed by atoms with E-state index in [9.17, 15) is 9.90 Å². The lowest BCUT2D eigenvalue weighted by atomic mass is 10.2. The zero-order chi connectivity index (χ0) is 18.0. The molecule has 0 fully saturated rings. The molecule has 3 nitrogen and oxygen atoms in total. The maximum Gasteiger partial charge on any atom is 0.173 e. The van der Waals surface area contributed by atoms with Gasteiger partial charge in [-0.15, -0.1) is 11.8 Å². The van der Waals surface area contributed by atoms with E-state index in [0.29, 0.717) is 21.9 Å². The van der Waals surface area contributed by atoms with Crippen molar-refractivity contribution in [2.45, 2.75) is 13.3 Å². The summed E-state index contributed by atoms with van der Waals surface area (Å²) in [7, 11) is 0. The Balaban J connectivity index is 1.82. The summed E-state index contributed by atoms with van der Waals surface area (Å²) in [6.07, 6.45) is 2.59. The molecule has 1 aromatic carbocycles. The molecule has 0 saturated heterocycles. The van der Waals surface area contributed by atoms with Gasteiger partial charge < -0.3 is 9.51 Å². The van der Waals surface area contributed by atoms with Crippen LogP contribution in [-0.4, -0.2) is 25.2 Å². The number of carbonyl (C=O) groups is 1. The van der Waals surface area contributed by atoms with E-state index in [0.717, 1.165) is 15.6 Å². The van der Waals surface area contributed by atoms with E-state index >= 15 is 0 Å². The molecule has 0 spiro atoms. The lowest BCUT2D eigenvalue weighted by Crippen LogP contribution is -2.06. The van der Waals surface area contributed by atoms with Crippen LogP contribution in [0.4, 0.5) is 0 Å². The van der Waals surface area contributed by atoms with Gasteiger partial charge in [-0.2, -0.15) is 0 Å². The maximum absolute atomic E-state index is 12.3. The number of pyridine rings is 1. The fourth-order valence-electron chi connectivity index (χ4n) is 2.72. The third kappa shape index (κ3) is 3.66. The number of ketones is 1. The van der Waals surface area contributed by atoms with Crippen LogP contribution in [0.5, 0.6) is 5.75 Å². The smallest absolute Gasteiger partial charge is 0.173 e. The van der Waals surface area contributed by atoms with Gasteiger partial charge in [-0.1, -0.05) is 53.3 Å². The molecule has 3 rings (SSSR count). The third-order valence-corrected chi connectivity index (χ3v) is 5.91. The number of aromatic nitrogens is 1. The normalized spacial score (nSPS) is 11.0. The molecule has 2 aromatic heterocycles. The number of carbonyl (C=O) groups excluding carboxylic acids is 1. The Bertz CT molecular complexity index is 948. The minimum Gasteiger partial charge on any atom is -0.505 e. The van der Waals surface area contributed by atoms with Crippen LogP contribution in [0.1, 0.15) is 28.5 Å². The first-order valence-corrected chi connectivity index (χ1v) is 9.98. The molecule has 0 unspecified atom stereocenters. The zero-order valence-electron chi connectivity index (χ0n) is 13.5. The van der Waals surface area contributed by atoms with Crippen molar-refractivity contribution in [3.05, 3.63) is 70.0 Å². The second-order valence-corrected chi connectivity index (χ2v) is 8.06. The molecule has 2 heterocycles. The maximum atomic E-state index is 12.3. The summed E-state index contributed by atoms with van der Waals surface area (Å²) in [5, 5.41) is 10.6. The molecule has 0 aliphatic rings. The number of halogens is 1. The molecule has 0 saturated carbocycles. The summed E-state index contributed by atoms with van der Waals surface area (Å²) in [5.74, 6) is 0.458. The van der Waals surface area contributed by atoms with Crippen molar-refractivity contribution in [2.75, 3.05) is 5.75 Å². The van der Waals surface area contributed by atoms with Crippen molar-refractivity contribution in [1.82, 2.24) is 4.40 Å². The minimum absolute atomic E-state index is 0.0101. The van der Waals surface area contributed by atoms with Crippen LogP contribution in [0.3, 0.4) is 0 Å². The summed E-state index contributed by atoms with van der Waals surface area (Å²) < 4.78 is 3.35. The van der Waals surface area contributed by atoms with Crippen molar-refractivity contribution in [3.8, 4) is 5.75 Å². The number of fused-ring (bicyclic) bond motifs is 1. The molecule has 0 bridgehead atoms. The Labute approximate surface area is 164 Å². The number of aromatic hydroxyl groups is 1. The summed E-state index contributed by atoms with van der Waals surface area (Å²) in [6.45, 7) is 2.00. The molecular weight excluding hydrogens is 418 g/mol. The summed E-state index contributed by atoms with van der Waals surface area (Å²) in [4.78, 5) is 12.3. The van der Waals surface area contributed by atoms with Gasteiger partial charge in [0.05, 0.1) is 15.5 Å². The number of aryl methyl sites for hydroxylation is 1. The van der Waals surface area contributed by atoms with Crippen LogP contribution in [0.25, 0.3) is 5.52 Å². The number of benzene rings is 1. The van der Waals surface area contributed by atoms with Crippen LogP contribution in [0.2, 0.25) is 0 Å². The molecule has 3 aromatic rings. The van der Waals surface area contributed by atoms with Crippen LogP contribution in [0, 0.1) is 0 Å². The molecule has 0 amide bonds. The van der Waals surface area contributed by atoms with Gasteiger partial charge >= 0.3 is 0 Å². The van der Waals surface area contributed by atoms with E-state index in [1.807, 2.05) is 47.9 Å². The van der Waals surface area contributed by atoms with Crippen LogP contribution < -0.4 is 0 Å². The molecule has 25 heavy (non-hydrogen) atoms. The second-order valence-electron chi connectivity index (χ2n) is 5.49. The Morgan fingerprint density at radius 2 is 1.96 bits per heavy atom. The molecule has 0 aliphatic heterocycles. The highest BCUT2D eigenvalue weighted by Crippen LogP contribution is 2.33. The van der Waals surface area contributed by atoms with E-state index in [1.54, 1.807) is 12.1 Å². The highest BCUT2D eigenvalue weighted by molar-refractivity contribution is 9.10. The zero-order valence-corrected chi connectivity index (χ0v) is 16.7. The Morgan fingerprint density at radius 3 is 2.64 bits per heavy atom. The summed E-state index contributed by atoms with van der Waals surface area (Å²) in [5.41, 5.74) is 3.06. The first-order valence-electron chi connectivity index (χ1n) is 7.79. The van der Waals surface area contributed by atoms with Gasteiger partial charge in [-0.25, -0.2) is 0 Å². The predicted octanol–water partition coefficient (Wildman–Crippen LogP) is 5.26. The van der Waals surface area contributed by atoms with E-state index in [1.165, 1.54) is 11.8 Å². The fraction of sp³-hybridized carbons (Fsp3) is 0.158. The lowest BCUT2D eigenvalue weighted by Gasteiger charge is -2.05. The fourth-order valence-corrected chi connectivity index (χ4v) is 4.12. The molecule has 1 N–H and O–H groups in total. The number of thiocarbonyl (C=S) groups is 1. The Kier molecular flexibility index (Phi) is 5.61. The van der Waals surface area contributed by atoms with E-state index in [2.05, 4.69) is 15.9 Å². The summed E-state index contributed by atoms with van der Waals surface area (Å²) in [6, 6.07) is 13.1.